The Morgan fingerprint density at radius 1 is 1.08 bits per heavy atom. The van der Waals surface area contributed by atoms with Gasteiger partial charge in [-0.05, 0) is 24.3 Å². The number of amides is 1. The molecule has 26 heavy (non-hydrogen) atoms. The average Bonchev–Trinajstić information content (AvgIpc) is 2.63. The van der Waals surface area contributed by atoms with Crippen molar-refractivity contribution >= 4 is 16.8 Å². The predicted molar refractivity (Wildman–Crippen MR) is 87.6 cm³/mol. The zero-order valence-electron chi connectivity index (χ0n) is 13.3. The van der Waals surface area contributed by atoms with Gasteiger partial charge in [-0.3, -0.25) is 9.59 Å². The van der Waals surface area contributed by atoms with E-state index in [4.69, 9.17) is 0 Å². The SMILES string of the molecule is O=C(NCCn1nnc2ccccc2c1=O)c1ccccc1C(F)(F)F. The second-order valence-corrected chi connectivity index (χ2v) is 5.43. The summed E-state index contributed by atoms with van der Waals surface area (Å²) >= 11 is 0. The fourth-order valence-corrected chi connectivity index (χ4v) is 2.47. The van der Waals surface area contributed by atoms with Crippen molar-refractivity contribution < 1.29 is 18.0 Å². The van der Waals surface area contributed by atoms with Crippen molar-refractivity contribution in [1.82, 2.24) is 20.3 Å². The van der Waals surface area contributed by atoms with Gasteiger partial charge in [-0.15, -0.1) is 5.10 Å². The first-order valence-electron chi connectivity index (χ1n) is 7.65. The standard InChI is InChI=1S/C17H13F3N4O2/c18-17(19,20)13-7-3-1-5-11(13)15(25)21-9-10-24-16(26)12-6-2-4-8-14(12)22-23-24/h1-8H,9-10H2,(H,21,25). The molecular weight excluding hydrogens is 349 g/mol. The Balaban J connectivity index is 1.72. The number of aromatic nitrogens is 3. The molecule has 0 radical (unpaired) electrons. The summed E-state index contributed by atoms with van der Waals surface area (Å²) in [5.41, 5.74) is -1.44. The van der Waals surface area contributed by atoms with Crippen LogP contribution in [-0.4, -0.2) is 27.4 Å². The van der Waals surface area contributed by atoms with Crippen LogP contribution in [0, 0.1) is 0 Å². The molecule has 0 aliphatic carbocycles. The van der Waals surface area contributed by atoms with Gasteiger partial charge in [0.25, 0.3) is 11.5 Å². The van der Waals surface area contributed by atoms with Crippen molar-refractivity contribution in [3.8, 4) is 0 Å². The first-order valence-corrected chi connectivity index (χ1v) is 7.65. The molecule has 0 spiro atoms. The van der Waals surface area contributed by atoms with Crippen LogP contribution < -0.4 is 10.9 Å². The third-order valence-corrected chi connectivity index (χ3v) is 3.72. The second kappa shape index (κ2) is 6.95. The number of carbonyl (C=O) groups is 1. The summed E-state index contributed by atoms with van der Waals surface area (Å²) in [7, 11) is 0. The van der Waals surface area contributed by atoms with Gasteiger partial charge in [0.05, 0.1) is 23.1 Å². The van der Waals surface area contributed by atoms with Gasteiger partial charge < -0.3 is 5.32 Å². The summed E-state index contributed by atoms with van der Waals surface area (Å²) in [5.74, 6) is -0.875. The summed E-state index contributed by atoms with van der Waals surface area (Å²) in [6, 6.07) is 11.2. The molecule has 0 fully saturated rings. The van der Waals surface area contributed by atoms with E-state index in [1.54, 1.807) is 24.3 Å². The number of benzene rings is 2. The Hall–Kier alpha value is -3.23. The van der Waals surface area contributed by atoms with Gasteiger partial charge in [0.2, 0.25) is 0 Å². The molecule has 2 aromatic carbocycles. The molecule has 1 amide bonds. The van der Waals surface area contributed by atoms with Crippen molar-refractivity contribution in [2.24, 2.45) is 0 Å². The summed E-state index contributed by atoms with van der Waals surface area (Å²) in [4.78, 5) is 24.3. The van der Waals surface area contributed by atoms with Crippen molar-refractivity contribution in [1.29, 1.82) is 0 Å². The Bertz CT molecular complexity index is 1010. The third-order valence-electron chi connectivity index (χ3n) is 3.72. The van der Waals surface area contributed by atoms with Crippen LogP contribution in [0.15, 0.2) is 53.3 Å². The third kappa shape index (κ3) is 3.56. The lowest BCUT2D eigenvalue weighted by atomic mass is 10.1. The molecule has 1 N–H and O–H groups in total. The highest BCUT2D eigenvalue weighted by Crippen LogP contribution is 2.31. The number of nitrogens with zero attached hydrogens (tertiary/aromatic N) is 3. The summed E-state index contributed by atoms with van der Waals surface area (Å²) in [6.45, 7) is -0.0887. The van der Waals surface area contributed by atoms with E-state index >= 15 is 0 Å². The van der Waals surface area contributed by atoms with Crippen LogP contribution in [0.1, 0.15) is 15.9 Å². The Kier molecular flexibility index (Phi) is 4.70. The molecule has 1 heterocycles. The normalized spacial score (nSPS) is 11.5. The maximum absolute atomic E-state index is 13.0. The van der Waals surface area contributed by atoms with E-state index in [-0.39, 0.29) is 18.6 Å². The lowest BCUT2D eigenvalue weighted by Gasteiger charge is -2.12. The smallest absolute Gasteiger partial charge is 0.350 e. The van der Waals surface area contributed by atoms with E-state index < -0.39 is 23.2 Å². The van der Waals surface area contributed by atoms with Crippen LogP contribution in [0.5, 0.6) is 0 Å². The minimum Gasteiger partial charge on any atom is -0.350 e. The number of rotatable bonds is 4. The first-order chi connectivity index (χ1) is 12.4. The largest absolute Gasteiger partial charge is 0.417 e. The van der Waals surface area contributed by atoms with Gasteiger partial charge in [-0.25, -0.2) is 4.68 Å². The first kappa shape index (κ1) is 17.6. The summed E-state index contributed by atoms with van der Waals surface area (Å²) < 4.78 is 39.9. The number of hydrogen-bond acceptors (Lipinski definition) is 4. The highest BCUT2D eigenvalue weighted by Gasteiger charge is 2.34. The molecule has 0 saturated carbocycles. The Labute approximate surface area is 145 Å². The van der Waals surface area contributed by atoms with Crippen molar-refractivity contribution in [3.63, 3.8) is 0 Å². The van der Waals surface area contributed by atoms with Gasteiger partial charge in [0.15, 0.2) is 0 Å². The molecule has 0 aliphatic heterocycles. The fraction of sp³-hybridized carbons (Fsp3) is 0.176. The monoisotopic (exact) mass is 362 g/mol. The van der Waals surface area contributed by atoms with Crippen LogP contribution in [-0.2, 0) is 12.7 Å². The number of nitrogens with one attached hydrogen (secondary N) is 1. The summed E-state index contributed by atoms with van der Waals surface area (Å²) in [5, 5.41) is 10.4. The summed E-state index contributed by atoms with van der Waals surface area (Å²) in [6.07, 6.45) is -4.63. The predicted octanol–water partition coefficient (Wildman–Crippen LogP) is 2.24. The highest BCUT2D eigenvalue weighted by molar-refractivity contribution is 5.95. The molecule has 6 nitrogen and oxygen atoms in total. The maximum Gasteiger partial charge on any atom is 0.417 e. The quantitative estimate of drug-likeness (QED) is 0.772. The van der Waals surface area contributed by atoms with E-state index in [2.05, 4.69) is 15.6 Å². The molecule has 0 aliphatic rings. The minimum atomic E-state index is -4.63. The van der Waals surface area contributed by atoms with Gasteiger partial charge in [-0.1, -0.05) is 29.5 Å². The van der Waals surface area contributed by atoms with Crippen LogP contribution in [0.2, 0.25) is 0 Å². The molecule has 3 rings (SSSR count). The number of halogens is 3. The molecule has 3 aromatic rings. The number of hydrogen-bond donors (Lipinski definition) is 1. The van der Waals surface area contributed by atoms with Crippen molar-refractivity contribution in [3.05, 3.63) is 70.0 Å². The lowest BCUT2D eigenvalue weighted by Crippen LogP contribution is -2.33. The minimum absolute atomic E-state index is 0.0173. The van der Waals surface area contributed by atoms with Gasteiger partial charge >= 0.3 is 6.18 Å². The van der Waals surface area contributed by atoms with Crippen LogP contribution in [0.25, 0.3) is 10.9 Å². The molecule has 0 unspecified atom stereocenters. The maximum atomic E-state index is 13.0. The van der Waals surface area contributed by atoms with E-state index in [1.165, 1.54) is 12.1 Å². The highest BCUT2D eigenvalue weighted by atomic mass is 19.4. The van der Waals surface area contributed by atoms with E-state index in [1.807, 2.05) is 0 Å². The average molecular weight is 362 g/mol. The number of fused-ring (bicyclic) bond motifs is 1. The second-order valence-electron chi connectivity index (χ2n) is 5.43. The Morgan fingerprint density at radius 2 is 1.77 bits per heavy atom. The number of carbonyl (C=O) groups excluding carboxylic acids is 1. The Morgan fingerprint density at radius 3 is 2.54 bits per heavy atom. The lowest BCUT2D eigenvalue weighted by molar-refractivity contribution is -0.137. The van der Waals surface area contributed by atoms with Crippen molar-refractivity contribution in [2.75, 3.05) is 6.54 Å². The molecular formula is C17H13F3N4O2. The molecule has 0 bridgehead atoms. The topological polar surface area (TPSA) is 76.9 Å². The van der Waals surface area contributed by atoms with E-state index in [0.29, 0.717) is 10.9 Å². The zero-order valence-corrected chi connectivity index (χ0v) is 13.3. The van der Waals surface area contributed by atoms with E-state index in [0.717, 1.165) is 16.8 Å². The molecule has 134 valence electrons. The van der Waals surface area contributed by atoms with Gasteiger partial charge in [-0.2, -0.15) is 13.2 Å². The van der Waals surface area contributed by atoms with E-state index in [9.17, 15) is 22.8 Å². The fourth-order valence-electron chi connectivity index (χ4n) is 2.47. The van der Waals surface area contributed by atoms with Gasteiger partial charge in [0.1, 0.15) is 5.52 Å². The van der Waals surface area contributed by atoms with Crippen LogP contribution in [0.4, 0.5) is 13.2 Å². The van der Waals surface area contributed by atoms with Crippen LogP contribution >= 0.6 is 0 Å². The molecule has 9 heteroatoms. The molecule has 1 aromatic heterocycles. The van der Waals surface area contributed by atoms with Crippen LogP contribution in [0.3, 0.4) is 0 Å². The molecule has 0 atom stereocenters. The van der Waals surface area contributed by atoms with Gasteiger partial charge in [0, 0.05) is 6.54 Å². The van der Waals surface area contributed by atoms with Crippen molar-refractivity contribution in [2.45, 2.75) is 12.7 Å². The molecule has 0 saturated heterocycles. The zero-order chi connectivity index (χ0) is 18.7. The number of alkyl halides is 3.